The molecule has 1 atom stereocenters. The third kappa shape index (κ3) is 0.634. The van der Waals surface area contributed by atoms with Gasteiger partial charge in [-0.25, -0.2) is 0 Å². The molecule has 1 aliphatic carbocycles. The van der Waals surface area contributed by atoms with Crippen LogP contribution in [0.25, 0.3) is 0 Å². The lowest BCUT2D eigenvalue weighted by Gasteiger charge is -2.42. The summed E-state index contributed by atoms with van der Waals surface area (Å²) in [7, 11) is 0. The van der Waals surface area contributed by atoms with Gasteiger partial charge in [0.05, 0.1) is 13.2 Å². The quantitative estimate of drug-likeness (QED) is 0.487. The molecule has 2 nitrogen and oxygen atoms in total. The Balaban J connectivity index is 2.06. The van der Waals surface area contributed by atoms with Gasteiger partial charge in [-0.1, -0.05) is 6.92 Å². The Morgan fingerprint density at radius 2 is 2.00 bits per heavy atom. The van der Waals surface area contributed by atoms with Crippen molar-refractivity contribution in [1.82, 2.24) is 0 Å². The molecule has 0 bridgehead atoms. The molecule has 1 spiro atoms. The summed E-state index contributed by atoms with van der Waals surface area (Å²) in [6.45, 7) is 3.78. The van der Waals surface area contributed by atoms with Crippen LogP contribution in [0, 0.1) is 5.92 Å². The van der Waals surface area contributed by atoms with E-state index in [-0.39, 0.29) is 5.79 Å². The zero-order valence-corrected chi connectivity index (χ0v) is 5.72. The van der Waals surface area contributed by atoms with Crippen molar-refractivity contribution < 1.29 is 9.47 Å². The van der Waals surface area contributed by atoms with Crippen LogP contribution in [-0.4, -0.2) is 19.0 Å². The Bertz CT molecular complexity index is 116. The summed E-state index contributed by atoms with van der Waals surface area (Å²) in [5.74, 6) is 0.500. The van der Waals surface area contributed by atoms with Gasteiger partial charge in [0.15, 0.2) is 5.79 Å². The Labute approximate surface area is 55.1 Å². The molecule has 2 aliphatic rings. The van der Waals surface area contributed by atoms with E-state index in [0.29, 0.717) is 5.92 Å². The van der Waals surface area contributed by atoms with E-state index in [1.165, 1.54) is 6.42 Å². The van der Waals surface area contributed by atoms with Gasteiger partial charge in [-0.15, -0.1) is 0 Å². The van der Waals surface area contributed by atoms with Crippen LogP contribution >= 0.6 is 0 Å². The van der Waals surface area contributed by atoms with Crippen LogP contribution in [-0.2, 0) is 9.47 Å². The van der Waals surface area contributed by atoms with Crippen LogP contribution in [0.5, 0.6) is 0 Å². The van der Waals surface area contributed by atoms with Crippen molar-refractivity contribution >= 4 is 0 Å². The zero-order chi connectivity index (χ0) is 6.32. The second-order valence-electron chi connectivity index (χ2n) is 2.95. The lowest BCUT2D eigenvalue weighted by atomic mass is 9.79. The molecule has 0 radical (unpaired) electrons. The van der Waals surface area contributed by atoms with E-state index < -0.39 is 0 Å². The topological polar surface area (TPSA) is 18.5 Å². The van der Waals surface area contributed by atoms with E-state index in [1.54, 1.807) is 0 Å². The van der Waals surface area contributed by atoms with Gasteiger partial charge < -0.3 is 9.47 Å². The molecule has 1 saturated heterocycles. The molecule has 1 saturated carbocycles. The van der Waals surface area contributed by atoms with Crippen molar-refractivity contribution in [2.45, 2.75) is 25.6 Å². The normalized spacial score (nSPS) is 39.0. The second-order valence-corrected chi connectivity index (χ2v) is 2.95. The maximum absolute atomic E-state index is 5.47. The lowest BCUT2D eigenvalue weighted by Crippen LogP contribution is -2.46. The molecule has 0 aromatic heterocycles. The first-order chi connectivity index (χ1) is 4.33. The molecule has 1 unspecified atom stereocenters. The highest BCUT2D eigenvalue weighted by atomic mass is 16.7. The highest BCUT2D eigenvalue weighted by Crippen LogP contribution is 2.44. The number of rotatable bonds is 0. The number of hydrogen-bond donors (Lipinski definition) is 0. The molecule has 9 heavy (non-hydrogen) atoms. The highest BCUT2D eigenvalue weighted by Gasteiger charge is 2.48. The second kappa shape index (κ2) is 1.70. The third-order valence-corrected chi connectivity index (χ3v) is 2.45. The molecular weight excluding hydrogens is 116 g/mol. The smallest absolute Gasteiger partial charge is 0.171 e. The fourth-order valence-electron chi connectivity index (χ4n) is 1.57. The molecular formula is C7H12O2. The summed E-state index contributed by atoms with van der Waals surface area (Å²) >= 11 is 0. The van der Waals surface area contributed by atoms with Crippen LogP contribution in [0.2, 0.25) is 0 Å². The monoisotopic (exact) mass is 128 g/mol. The lowest BCUT2D eigenvalue weighted by molar-refractivity contribution is -0.243. The van der Waals surface area contributed by atoms with Gasteiger partial charge in [-0.3, -0.25) is 0 Å². The van der Waals surface area contributed by atoms with Crippen molar-refractivity contribution in [3.05, 3.63) is 0 Å². The molecule has 0 aromatic rings. The average Bonchev–Trinajstić information content (AvgIpc) is 2.34. The van der Waals surface area contributed by atoms with E-state index in [0.717, 1.165) is 19.6 Å². The van der Waals surface area contributed by atoms with Crippen LogP contribution < -0.4 is 0 Å². The van der Waals surface area contributed by atoms with Crippen molar-refractivity contribution in [2.24, 2.45) is 5.92 Å². The fourth-order valence-corrected chi connectivity index (χ4v) is 1.57. The minimum Gasteiger partial charge on any atom is -0.347 e. The van der Waals surface area contributed by atoms with Crippen molar-refractivity contribution in [3.8, 4) is 0 Å². The van der Waals surface area contributed by atoms with E-state index >= 15 is 0 Å². The maximum atomic E-state index is 5.47. The Kier molecular flexibility index (Phi) is 1.08. The summed E-state index contributed by atoms with van der Waals surface area (Å²) in [5.41, 5.74) is 0. The minimum atomic E-state index is -0.125. The maximum Gasteiger partial charge on any atom is 0.171 e. The van der Waals surface area contributed by atoms with E-state index in [4.69, 9.17) is 9.47 Å². The summed E-state index contributed by atoms with van der Waals surface area (Å²) in [6.07, 6.45) is 2.37. The first-order valence-electron chi connectivity index (χ1n) is 3.61. The molecule has 2 fully saturated rings. The molecule has 1 heterocycles. The predicted octanol–water partition coefficient (Wildman–Crippen LogP) is 1.16. The Morgan fingerprint density at radius 1 is 1.33 bits per heavy atom. The van der Waals surface area contributed by atoms with Crippen LogP contribution in [0.1, 0.15) is 19.8 Å². The minimum absolute atomic E-state index is 0.125. The Hall–Kier alpha value is -0.0800. The third-order valence-electron chi connectivity index (χ3n) is 2.45. The first kappa shape index (κ1) is 5.69. The summed E-state index contributed by atoms with van der Waals surface area (Å²) in [5, 5.41) is 0. The SMILES string of the molecule is CC1CCC12OCCO2. The first-order valence-corrected chi connectivity index (χ1v) is 3.61. The fraction of sp³-hybridized carbons (Fsp3) is 1.00. The molecule has 0 amide bonds. The van der Waals surface area contributed by atoms with Crippen LogP contribution in [0.4, 0.5) is 0 Å². The number of ether oxygens (including phenoxy) is 2. The highest BCUT2D eigenvalue weighted by molar-refractivity contribution is 4.89. The number of hydrogen-bond acceptors (Lipinski definition) is 2. The standard InChI is InChI=1S/C7H12O2/c1-6-2-3-7(6)8-4-5-9-7/h6H,2-5H2,1H3. The summed E-state index contributed by atoms with van der Waals surface area (Å²) in [6, 6.07) is 0. The van der Waals surface area contributed by atoms with Crippen molar-refractivity contribution in [1.29, 1.82) is 0 Å². The van der Waals surface area contributed by atoms with E-state index in [2.05, 4.69) is 6.92 Å². The molecule has 2 rings (SSSR count). The zero-order valence-electron chi connectivity index (χ0n) is 5.72. The molecule has 1 aliphatic heterocycles. The van der Waals surface area contributed by atoms with E-state index in [1.807, 2.05) is 0 Å². The van der Waals surface area contributed by atoms with Crippen molar-refractivity contribution in [2.75, 3.05) is 13.2 Å². The Morgan fingerprint density at radius 3 is 2.22 bits per heavy atom. The van der Waals surface area contributed by atoms with Gasteiger partial charge >= 0.3 is 0 Å². The molecule has 0 N–H and O–H groups in total. The van der Waals surface area contributed by atoms with Gasteiger partial charge in [0.1, 0.15) is 0 Å². The summed E-state index contributed by atoms with van der Waals surface area (Å²) < 4.78 is 10.9. The van der Waals surface area contributed by atoms with Gasteiger partial charge in [0.25, 0.3) is 0 Å². The van der Waals surface area contributed by atoms with Crippen molar-refractivity contribution in [3.63, 3.8) is 0 Å². The van der Waals surface area contributed by atoms with Gasteiger partial charge in [-0.2, -0.15) is 0 Å². The van der Waals surface area contributed by atoms with Gasteiger partial charge in [0, 0.05) is 12.3 Å². The molecule has 2 heteroatoms. The predicted molar refractivity (Wildman–Crippen MR) is 33.0 cm³/mol. The van der Waals surface area contributed by atoms with Gasteiger partial charge in [-0.05, 0) is 6.42 Å². The largest absolute Gasteiger partial charge is 0.347 e. The molecule has 52 valence electrons. The average molecular weight is 128 g/mol. The van der Waals surface area contributed by atoms with E-state index in [9.17, 15) is 0 Å². The van der Waals surface area contributed by atoms with Crippen LogP contribution in [0.15, 0.2) is 0 Å². The van der Waals surface area contributed by atoms with Crippen LogP contribution in [0.3, 0.4) is 0 Å². The van der Waals surface area contributed by atoms with Gasteiger partial charge in [0.2, 0.25) is 0 Å². The molecule has 0 aromatic carbocycles. The summed E-state index contributed by atoms with van der Waals surface area (Å²) in [4.78, 5) is 0.